The number of nitrogens with one attached hydrogen (secondary N) is 2. The van der Waals surface area contributed by atoms with Crippen molar-refractivity contribution < 1.29 is 0 Å². The van der Waals surface area contributed by atoms with E-state index in [-0.39, 0.29) is 25.1 Å². The monoisotopic (exact) mass is 271 g/mol. The molecule has 0 amide bonds. The summed E-state index contributed by atoms with van der Waals surface area (Å²) in [6.45, 7) is 2.06. The van der Waals surface area contributed by atoms with E-state index >= 15 is 0 Å². The molecule has 0 spiro atoms. The Hall–Kier alpha value is -0.730. The van der Waals surface area contributed by atoms with Crippen LogP contribution in [0.5, 0.6) is 0 Å². The van der Waals surface area contributed by atoms with Gasteiger partial charge in [0, 0.05) is 0 Å². The van der Waals surface area contributed by atoms with Gasteiger partial charge in [-0.25, -0.2) is 0 Å². The van der Waals surface area contributed by atoms with E-state index in [1.165, 1.54) is 0 Å². The molecule has 0 rings (SSSR count). The van der Waals surface area contributed by atoms with E-state index in [0.717, 1.165) is 0 Å². The second-order valence-electron chi connectivity index (χ2n) is 1.87. The van der Waals surface area contributed by atoms with Gasteiger partial charge >= 0.3 is 0 Å². The molecule has 0 aliphatic heterocycles. The van der Waals surface area contributed by atoms with E-state index in [9.17, 15) is 0 Å². The molecule has 0 atom stereocenters. The predicted molar refractivity (Wildman–Crippen MR) is 80.6 cm³/mol. The van der Waals surface area contributed by atoms with Crippen molar-refractivity contribution in [2.24, 2.45) is 17.2 Å². The summed E-state index contributed by atoms with van der Waals surface area (Å²) < 4.78 is 0. The third-order valence-corrected chi connectivity index (χ3v) is 0.814. The largest absolute Gasteiger partial charge is 0.394 e. The molecule has 0 aliphatic rings. The SMILES string of the molecule is C.C.CC(N)=S.NC(=S)NCNC(N)=S. The molecule has 0 heterocycles. The van der Waals surface area contributed by atoms with Crippen LogP contribution in [0.15, 0.2) is 0 Å². The zero-order chi connectivity index (χ0) is 10.9. The highest BCUT2D eigenvalue weighted by molar-refractivity contribution is 7.80. The third-order valence-electron chi connectivity index (χ3n) is 0.525. The van der Waals surface area contributed by atoms with Crippen LogP contribution in [-0.4, -0.2) is 21.9 Å². The van der Waals surface area contributed by atoms with Crippen molar-refractivity contribution in [1.82, 2.24) is 10.6 Å². The number of thiocarbonyl (C=S) groups is 3. The molecule has 92 valence electrons. The average molecular weight is 271 g/mol. The van der Waals surface area contributed by atoms with E-state index in [1.54, 1.807) is 6.92 Å². The maximum absolute atomic E-state index is 5.07. The number of hydrogen-bond donors (Lipinski definition) is 5. The first kappa shape index (κ1) is 23.8. The first-order chi connectivity index (χ1) is 5.86. The third kappa shape index (κ3) is 60.7. The van der Waals surface area contributed by atoms with Crippen LogP contribution in [0.2, 0.25) is 0 Å². The predicted octanol–water partition coefficient (Wildman–Crippen LogP) is 0.175. The molecule has 0 radical (unpaired) electrons. The summed E-state index contributed by atoms with van der Waals surface area (Å²) in [6.07, 6.45) is 0. The minimum absolute atomic E-state index is 0. The number of hydrogen-bond acceptors (Lipinski definition) is 3. The fourth-order valence-electron chi connectivity index (χ4n) is 0.218. The summed E-state index contributed by atoms with van der Waals surface area (Å²) in [4.78, 5) is 0.500. The highest BCUT2D eigenvalue weighted by atomic mass is 32.1. The second kappa shape index (κ2) is 15.7. The maximum atomic E-state index is 5.07. The first-order valence-electron chi connectivity index (χ1n) is 3.19. The quantitative estimate of drug-likeness (QED) is 0.358. The van der Waals surface area contributed by atoms with Crippen LogP contribution < -0.4 is 27.8 Å². The van der Waals surface area contributed by atoms with Gasteiger partial charge in [0.15, 0.2) is 10.2 Å². The van der Waals surface area contributed by atoms with Gasteiger partial charge in [-0.05, 0) is 31.4 Å². The summed E-state index contributed by atoms with van der Waals surface area (Å²) in [5.41, 5.74) is 15.0. The van der Waals surface area contributed by atoms with Crippen LogP contribution in [0.4, 0.5) is 0 Å². The van der Waals surface area contributed by atoms with Crippen molar-refractivity contribution in [2.75, 3.05) is 6.67 Å². The molecule has 15 heavy (non-hydrogen) atoms. The zero-order valence-electron chi connectivity index (χ0n) is 7.16. The van der Waals surface area contributed by atoms with Crippen molar-refractivity contribution in [3.05, 3.63) is 0 Å². The van der Waals surface area contributed by atoms with Crippen molar-refractivity contribution in [3.8, 4) is 0 Å². The Kier molecular flexibility index (Phi) is 25.0. The number of nitrogens with two attached hydrogens (primary N) is 3. The molecule has 0 saturated heterocycles. The van der Waals surface area contributed by atoms with Crippen LogP contribution in [0.25, 0.3) is 0 Å². The molecule has 0 aromatic carbocycles. The minimum Gasteiger partial charge on any atom is -0.394 e. The van der Waals surface area contributed by atoms with Crippen LogP contribution in [0, 0.1) is 0 Å². The molecular formula is C7H21N5S3. The zero-order valence-corrected chi connectivity index (χ0v) is 9.61. The normalized spacial score (nSPS) is 6.47. The lowest BCUT2D eigenvalue weighted by Gasteiger charge is -2.03. The Labute approximate surface area is 108 Å². The van der Waals surface area contributed by atoms with Gasteiger partial charge in [-0.2, -0.15) is 0 Å². The lowest BCUT2D eigenvalue weighted by molar-refractivity contribution is 0.836. The van der Waals surface area contributed by atoms with E-state index in [2.05, 4.69) is 47.3 Å². The standard InChI is InChI=1S/C3H8N4S2.C2H5NS.2CH4/c4-2(8)6-1-7-3(5)9;1-2(3)4;;/h1H2,(H3,4,6,8)(H3,5,7,9);1H3,(H2,3,4);2*1H4. The molecule has 0 aromatic heterocycles. The Balaban J connectivity index is -0.0000000883. The van der Waals surface area contributed by atoms with Gasteiger partial charge in [-0.3, -0.25) is 0 Å². The smallest absolute Gasteiger partial charge is 0.165 e. The highest BCUT2D eigenvalue weighted by Crippen LogP contribution is 1.56. The molecule has 0 bridgehead atoms. The van der Waals surface area contributed by atoms with Crippen LogP contribution in [0.3, 0.4) is 0 Å². The lowest BCUT2D eigenvalue weighted by Crippen LogP contribution is -2.41. The summed E-state index contributed by atoms with van der Waals surface area (Å²) in [5.74, 6) is 0. The summed E-state index contributed by atoms with van der Waals surface area (Å²) in [6, 6.07) is 0. The van der Waals surface area contributed by atoms with Crippen molar-refractivity contribution in [3.63, 3.8) is 0 Å². The van der Waals surface area contributed by atoms with Crippen molar-refractivity contribution in [1.29, 1.82) is 0 Å². The van der Waals surface area contributed by atoms with Gasteiger partial charge < -0.3 is 27.8 Å². The van der Waals surface area contributed by atoms with E-state index in [1.807, 2.05) is 0 Å². The Bertz CT molecular complexity index is 177. The Morgan fingerprint density at radius 1 is 0.933 bits per heavy atom. The van der Waals surface area contributed by atoms with Gasteiger partial charge in [-0.1, -0.05) is 27.1 Å². The molecule has 8 N–H and O–H groups in total. The molecule has 0 fully saturated rings. The molecule has 0 unspecified atom stereocenters. The molecule has 8 heteroatoms. The molecule has 0 aromatic rings. The van der Waals surface area contributed by atoms with Crippen LogP contribution in [0.1, 0.15) is 21.8 Å². The first-order valence-corrected chi connectivity index (χ1v) is 4.41. The average Bonchev–Trinajstić information content (AvgIpc) is 1.83. The summed E-state index contributed by atoms with van der Waals surface area (Å²) in [5, 5.41) is 5.66. The van der Waals surface area contributed by atoms with Gasteiger partial charge in [0.2, 0.25) is 0 Å². The Morgan fingerprint density at radius 3 is 1.27 bits per heavy atom. The summed E-state index contributed by atoms with van der Waals surface area (Å²) in [7, 11) is 0. The van der Waals surface area contributed by atoms with Gasteiger partial charge in [0.05, 0.1) is 11.7 Å². The van der Waals surface area contributed by atoms with E-state index < -0.39 is 0 Å². The summed E-state index contributed by atoms with van der Waals surface area (Å²) >= 11 is 13.3. The number of rotatable bonds is 2. The molecule has 0 saturated carbocycles. The van der Waals surface area contributed by atoms with Crippen molar-refractivity contribution in [2.45, 2.75) is 21.8 Å². The fourth-order valence-corrected chi connectivity index (χ4v) is 0.363. The Morgan fingerprint density at radius 2 is 1.13 bits per heavy atom. The van der Waals surface area contributed by atoms with E-state index in [4.69, 9.17) is 17.2 Å². The molecule has 0 aliphatic carbocycles. The lowest BCUT2D eigenvalue weighted by atomic mass is 10.8. The topological polar surface area (TPSA) is 102 Å². The second-order valence-corrected chi connectivity index (χ2v) is 3.39. The van der Waals surface area contributed by atoms with Crippen molar-refractivity contribution >= 4 is 51.9 Å². The van der Waals surface area contributed by atoms with E-state index in [0.29, 0.717) is 11.7 Å². The fraction of sp³-hybridized carbons (Fsp3) is 0.571. The van der Waals surface area contributed by atoms with Gasteiger partial charge in [0.1, 0.15) is 0 Å². The molecule has 5 nitrogen and oxygen atoms in total. The molecular weight excluding hydrogens is 250 g/mol. The maximum Gasteiger partial charge on any atom is 0.165 e. The highest BCUT2D eigenvalue weighted by Gasteiger charge is 1.84. The minimum atomic E-state index is 0. The van der Waals surface area contributed by atoms with Gasteiger partial charge in [0.25, 0.3) is 0 Å². The van der Waals surface area contributed by atoms with Crippen LogP contribution in [-0.2, 0) is 0 Å². The van der Waals surface area contributed by atoms with Crippen LogP contribution >= 0.6 is 36.7 Å². The van der Waals surface area contributed by atoms with Gasteiger partial charge in [-0.15, -0.1) is 0 Å².